The second kappa shape index (κ2) is 8.16. The van der Waals surface area contributed by atoms with Gasteiger partial charge in [-0.15, -0.1) is 11.8 Å². The van der Waals surface area contributed by atoms with Gasteiger partial charge in [0.15, 0.2) is 5.58 Å². The summed E-state index contributed by atoms with van der Waals surface area (Å²) in [6.07, 6.45) is 0. The monoisotopic (exact) mass is 536 g/mol. The van der Waals surface area contributed by atoms with Crippen molar-refractivity contribution in [2.75, 3.05) is 31.3 Å². The fourth-order valence-electron chi connectivity index (χ4n) is 3.35. The number of benzene rings is 2. The number of thioether (sulfide) groups is 1. The van der Waals surface area contributed by atoms with Crippen molar-refractivity contribution in [3.63, 3.8) is 0 Å². The van der Waals surface area contributed by atoms with Gasteiger partial charge in [-0.05, 0) is 51.8 Å². The predicted molar refractivity (Wildman–Crippen MR) is 125 cm³/mol. The number of amides is 1. The van der Waals surface area contributed by atoms with E-state index in [-0.39, 0.29) is 16.8 Å². The van der Waals surface area contributed by atoms with E-state index in [4.69, 9.17) is 4.42 Å². The molecule has 1 aromatic heterocycles. The van der Waals surface area contributed by atoms with Gasteiger partial charge in [-0.2, -0.15) is 0 Å². The third kappa shape index (κ3) is 3.98. The summed E-state index contributed by atoms with van der Waals surface area (Å²) in [7, 11) is 3.98. The van der Waals surface area contributed by atoms with Gasteiger partial charge in [0, 0.05) is 41.9 Å². The molecule has 0 spiro atoms. The maximum Gasteiger partial charge on any atom is 0.349 e. The average molecular weight is 538 g/mol. The molecular formula is C21H18Br2N2O3S. The SMILES string of the molecule is CN(C)c1ccc(C2SCCN2C(=O)c2cc3cc(Br)cc(Br)c3oc2=O)cc1. The van der Waals surface area contributed by atoms with Crippen molar-refractivity contribution in [1.29, 1.82) is 0 Å². The molecule has 1 fully saturated rings. The number of hydrogen-bond acceptors (Lipinski definition) is 5. The van der Waals surface area contributed by atoms with Crippen molar-refractivity contribution >= 4 is 66.2 Å². The molecular weight excluding hydrogens is 520 g/mol. The highest BCUT2D eigenvalue weighted by Crippen LogP contribution is 2.39. The lowest BCUT2D eigenvalue weighted by molar-refractivity contribution is 0.0756. The molecule has 5 nitrogen and oxygen atoms in total. The first-order chi connectivity index (χ1) is 13.8. The van der Waals surface area contributed by atoms with Crippen molar-refractivity contribution in [3.8, 4) is 0 Å². The molecule has 29 heavy (non-hydrogen) atoms. The summed E-state index contributed by atoms with van der Waals surface area (Å²) < 4.78 is 6.95. The first kappa shape index (κ1) is 20.5. The van der Waals surface area contributed by atoms with Gasteiger partial charge < -0.3 is 14.2 Å². The fourth-order valence-corrected chi connectivity index (χ4v) is 5.95. The number of carbonyl (C=O) groups is 1. The van der Waals surface area contributed by atoms with Gasteiger partial charge in [-0.3, -0.25) is 4.79 Å². The highest BCUT2D eigenvalue weighted by Gasteiger charge is 2.33. The molecule has 1 saturated heterocycles. The van der Waals surface area contributed by atoms with Gasteiger partial charge in [0.1, 0.15) is 10.9 Å². The van der Waals surface area contributed by atoms with Gasteiger partial charge in [0.05, 0.1) is 4.47 Å². The van der Waals surface area contributed by atoms with E-state index >= 15 is 0 Å². The second-order valence-corrected chi connectivity index (χ2v) is 9.92. The zero-order chi connectivity index (χ0) is 20.7. The van der Waals surface area contributed by atoms with Gasteiger partial charge in [-0.25, -0.2) is 4.79 Å². The van der Waals surface area contributed by atoms with Crippen LogP contribution in [0.3, 0.4) is 0 Å². The molecule has 8 heteroatoms. The van der Waals surface area contributed by atoms with Crippen molar-refractivity contribution in [2.45, 2.75) is 5.37 Å². The van der Waals surface area contributed by atoms with Crippen molar-refractivity contribution in [3.05, 3.63) is 73.0 Å². The Morgan fingerprint density at radius 3 is 2.59 bits per heavy atom. The molecule has 1 amide bonds. The van der Waals surface area contributed by atoms with Crippen LogP contribution < -0.4 is 10.5 Å². The van der Waals surface area contributed by atoms with E-state index in [1.807, 2.05) is 49.3 Å². The minimum atomic E-state index is -0.621. The molecule has 0 N–H and O–H groups in total. The van der Waals surface area contributed by atoms with Crippen LogP contribution in [0.4, 0.5) is 5.69 Å². The lowest BCUT2D eigenvalue weighted by Gasteiger charge is -2.24. The molecule has 0 radical (unpaired) electrons. The standard InChI is InChI=1S/C21H18Br2N2O3S/c1-24(2)15-5-3-12(4-6-15)20-25(7-8-29-20)19(26)16-10-13-9-14(22)11-17(23)18(13)28-21(16)27/h3-6,9-11,20H,7-8H2,1-2H3. The summed E-state index contributed by atoms with van der Waals surface area (Å²) >= 11 is 8.53. The van der Waals surface area contributed by atoms with Crippen LogP contribution in [-0.2, 0) is 0 Å². The number of hydrogen-bond donors (Lipinski definition) is 0. The highest BCUT2D eigenvalue weighted by molar-refractivity contribution is 9.11. The Balaban J connectivity index is 1.69. The molecule has 1 atom stereocenters. The zero-order valence-corrected chi connectivity index (χ0v) is 19.8. The lowest BCUT2D eigenvalue weighted by atomic mass is 10.1. The third-order valence-electron chi connectivity index (χ3n) is 4.83. The van der Waals surface area contributed by atoms with Crippen LogP contribution in [0.5, 0.6) is 0 Å². The Morgan fingerprint density at radius 2 is 1.90 bits per heavy atom. The lowest BCUT2D eigenvalue weighted by Crippen LogP contribution is -2.33. The van der Waals surface area contributed by atoms with Crippen LogP contribution in [0.25, 0.3) is 11.0 Å². The predicted octanol–water partition coefficient (Wildman–Crippen LogP) is 5.27. The summed E-state index contributed by atoms with van der Waals surface area (Å²) in [6, 6.07) is 13.4. The van der Waals surface area contributed by atoms with Crippen molar-refractivity contribution < 1.29 is 9.21 Å². The normalized spacial score (nSPS) is 16.4. The zero-order valence-electron chi connectivity index (χ0n) is 15.8. The minimum Gasteiger partial charge on any atom is -0.421 e. The second-order valence-electron chi connectivity index (χ2n) is 6.96. The number of rotatable bonds is 3. The van der Waals surface area contributed by atoms with Crippen LogP contribution in [-0.4, -0.2) is 37.2 Å². The molecule has 0 saturated carbocycles. The molecule has 150 valence electrons. The van der Waals surface area contributed by atoms with Crippen LogP contribution in [0.15, 0.2) is 60.6 Å². The third-order valence-corrected chi connectivity index (χ3v) is 7.14. The Hall–Kier alpha value is -1.77. The molecule has 3 aromatic rings. The van der Waals surface area contributed by atoms with Gasteiger partial charge >= 0.3 is 5.63 Å². The molecule has 1 unspecified atom stereocenters. The van der Waals surface area contributed by atoms with Crippen LogP contribution in [0, 0.1) is 0 Å². The molecule has 1 aliphatic rings. The number of nitrogens with zero attached hydrogens (tertiary/aromatic N) is 2. The Morgan fingerprint density at radius 1 is 1.17 bits per heavy atom. The summed E-state index contributed by atoms with van der Waals surface area (Å²) in [5, 5.41) is 0.566. The van der Waals surface area contributed by atoms with Crippen LogP contribution in [0.1, 0.15) is 21.3 Å². The van der Waals surface area contributed by atoms with E-state index < -0.39 is 5.63 Å². The number of fused-ring (bicyclic) bond motifs is 1. The number of halogens is 2. The average Bonchev–Trinajstić information content (AvgIpc) is 3.17. The largest absolute Gasteiger partial charge is 0.421 e. The number of carbonyl (C=O) groups excluding carboxylic acids is 1. The first-order valence-corrected chi connectivity index (χ1v) is 11.6. The summed E-state index contributed by atoms with van der Waals surface area (Å²) in [5.74, 6) is 0.519. The van der Waals surface area contributed by atoms with Gasteiger partial charge in [0.2, 0.25) is 0 Å². The molecule has 0 aliphatic carbocycles. The van der Waals surface area contributed by atoms with E-state index in [1.165, 1.54) is 0 Å². The summed E-state index contributed by atoms with van der Waals surface area (Å²) in [6.45, 7) is 0.587. The smallest absolute Gasteiger partial charge is 0.349 e. The maximum atomic E-state index is 13.3. The van der Waals surface area contributed by atoms with Crippen molar-refractivity contribution in [1.82, 2.24) is 4.90 Å². The molecule has 4 rings (SSSR count). The van der Waals surface area contributed by atoms with E-state index in [2.05, 4.69) is 31.9 Å². The topological polar surface area (TPSA) is 53.8 Å². The Bertz CT molecular complexity index is 1150. The molecule has 1 aliphatic heterocycles. The Kier molecular flexibility index (Phi) is 5.77. The fraction of sp³-hybridized carbons (Fsp3) is 0.238. The maximum absolute atomic E-state index is 13.3. The quantitative estimate of drug-likeness (QED) is 0.426. The van der Waals surface area contributed by atoms with E-state index in [0.29, 0.717) is 22.0 Å². The minimum absolute atomic E-state index is 0.0555. The van der Waals surface area contributed by atoms with E-state index in [0.717, 1.165) is 21.5 Å². The van der Waals surface area contributed by atoms with Crippen LogP contribution >= 0.6 is 43.6 Å². The van der Waals surface area contributed by atoms with E-state index in [1.54, 1.807) is 28.8 Å². The van der Waals surface area contributed by atoms with Crippen LogP contribution in [0.2, 0.25) is 0 Å². The molecule has 2 aromatic carbocycles. The first-order valence-electron chi connectivity index (χ1n) is 8.98. The van der Waals surface area contributed by atoms with Gasteiger partial charge in [0.25, 0.3) is 5.91 Å². The molecule has 0 bridgehead atoms. The van der Waals surface area contributed by atoms with Crippen molar-refractivity contribution in [2.24, 2.45) is 0 Å². The Labute approximate surface area is 189 Å². The highest BCUT2D eigenvalue weighted by atomic mass is 79.9. The van der Waals surface area contributed by atoms with E-state index in [9.17, 15) is 9.59 Å². The summed E-state index contributed by atoms with van der Waals surface area (Å²) in [5.41, 5.74) is 2.01. The van der Waals surface area contributed by atoms with Gasteiger partial charge in [-0.1, -0.05) is 28.1 Å². The summed E-state index contributed by atoms with van der Waals surface area (Å²) in [4.78, 5) is 29.6. The molecule has 2 heterocycles. The number of anilines is 1.